The Balaban J connectivity index is 1.86. The van der Waals surface area contributed by atoms with Crippen LogP contribution < -0.4 is 9.64 Å². The first-order valence-corrected chi connectivity index (χ1v) is 11.7. The third-order valence-electron chi connectivity index (χ3n) is 4.19. The molecule has 0 atom stereocenters. The molecule has 0 spiro atoms. The minimum Gasteiger partial charge on any atom is -0.484 e. The van der Waals surface area contributed by atoms with Gasteiger partial charge in [0.05, 0.1) is 15.1 Å². The van der Waals surface area contributed by atoms with Gasteiger partial charge in [-0.25, -0.2) is 13.4 Å². The van der Waals surface area contributed by atoms with Crippen molar-refractivity contribution >= 4 is 42.4 Å². The van der Waals surface area contributed by atoms with E-state index in [0.717, 1.165) is 4.70 Å². The van der Waals surface area contributed by atoms with E-state index in [4.69, 9.17) is 4.74 Å². The van der Waals surface area contributed by atoms with E-state index in [9.17, 15) is 13.2 Å². The topological polar surface area (TPSA) is 79.8 Å². The Morgan fingerprint density at radius 1 is 1.10 bits per heavy atom. The Hall–Kier alpha value is -2.49. The van der Waals surface area contributed by atoms with Crippen molar-refractivity contribution in [2.45, 2.75) is 4.90 Å². The highest BCUT2D eigenvalue weighted by Gasteiger charge is 2.21. The summed E-state index contributed by atoms with van der Waals surface area (Å²) in [5.41, 5.74) is 0.657. The van der Waals surface area contributed by atoms with Crippen LogP contribution in [0, 0.1) is 0 Å². The Morgan fingerprint density at radius 2 is 1.83 bits per heavy atom. The number of likely N-dealkylation sites (N-methyl/N-ethyl adjacent to an activating group) is 1. The highest BCUT2D eigenvalue weighted by molar-refractivity contribution is 7.90. The quantitative estimate of drug-likeness (QED) is 0.543. The van der Waals surface area contributed by atoms with Gasteiger partial charge in [-0.2, -0.15) is 0 Å². The number of carbonyl (C=O) groups excluding carboxylic acids is 1. The molecular formula is C20H23N3O4S2. The number of rotatable bonds is 8. The number of para-hydroxylation sites is 1. The van der Waals surface area contributed by atoms with Crippen LogP contribution in [-0.2, 0) is 14.6 Å². The second-order valence-electron chi connectivity index (χ2n) is 6.85. The smallest absolute Gasteiger partial charge is 0.266 e. The lowest BCUT2D eigenvalue weighted by Gasteiger charge is -2.22. The first-order valence-electron chi connectivity index (χ1n) is 8.97. The van der Waals surface area contributed by atoms with Crippen LogP contribution in [-0.4, -0.2) is 64.3 Å². The van der Waals surface area contributed by atoms with Crippen LogP contribution in [0.4, 0.5) is 5.13 Å². The van der Waals surface area contributed by atoms with E-state index < -0.39 is 9.84 Å². The van der Waals surface area contributed by atoms with Crippen LogP contribution in [0.3, 0.4) is 0 Å². The summed E-state index contributed by atoms with van der Waals surface area (Å²) < 4.78 is 30.0. The number of sulfone groups is 1. The summed E-state index contributed by atoms with van der Waals surface area (Å²) in [5.74, 6) is 0.411. The summed E-state index contributed by atoms with van der Waals surface area (Å²) in [6.45, 7) is 0.992. The van der Waals surface area contributed by atoms with Crippen LogP contribution >= 0.6 is 11.3 Å². The van der Waals surface area contributed by atoms with E-state index in [1.54, 1.807) is 29.2 Å². The van der Waals surface area contributed by atoms with Gasteiger partial charge in [0.25, 0.3) is 5.91 Å². The number of thiazole rings is 1. The van der Waals surface area contributed by atoms with Gasteiger partial charge < -0.3 is 9.64 Å². The van der Waals surface area contributed by atoms with Gasteiger partial charge in [-0.05, 0) is 44.4 Å². The molecule has 9 heteroatoms. The van der Waals surface area contributed by atoms with Gasteiger partial charge in [-0.15, -0.1) is 0 Å². The largest absolute Gasteiger partial charge is 0.484 e. The predicted octanol–water partition coefficient (Wildman–Crippen LogP) is 2.67. The minimum atomic E-state index is -3.31. The molecule has 0 aliphatic heterocycles. The molecule has 0 N–H and O–H groups in total. The zero-order chi connectivity index (χ0) is 21.0. The van der Waals surface area contributed by atoms with Crippen molar-refractivity contribution in [3.63, 3.8) is 0 Å². The number of benzene rings is 2. The van der Waals surface area contributed by atoms with Crippen LogP contribution in [0.15, 0.2) is 53.4 Å². The third-order valence-corrected chi connectivity index (χ3v) is 6.34. The van der Waals surface area contributed by atoms with Crippen LogP contribution in [0.2, 0.25) is 0 Å². The summed E-state index contributed by atoms with van der Waals surface area (Å²) in [6.07, 6.45) is 1.17. The lowest BCUT2D eigenvalue weighted by molar-refractivity contribution is -0.120. The van der Waals surface area contributed by atoms with Gasteiger partial charge in [0.1, 0.15) is 5.75 Å². The van der Waals surface area contributed by atoms with Crippen molar-refractivity contribution in [3.05, 3.63) is 48.5 Å². The van der Waals surface area contributed by atoms with Crippen LogP contribution in [0.5, 0.6) is 5.75 Å². The average Bonchev–Trinajstić information content (AvgIpc) is 3.09. The second kappa shape index (κ2) is 8.89. The molecule has 0 saturated heterocycles. The molecule has 29 heavy (non-hydrogen) atoms. The molecular weight excluding hydrogens is 410 g/mol. The molecule has 154 valence electrons. The van der Waals surface area contributed by atoms with E-state index >= 15 is 0 Å². The van der Waals surface area contributed by atoms with E-state index in [0.29, 0.717) is 29.5 Å². The Labute approximate surface area is 174 Å². The fourth-order valence-electron chi connectivity index (χ4n) is 2.61. The summed E-state index contributed by atoms with van der Waals surface area (Å²) >= 11 is 1.29. The predicted molar refractivity (Wildman–Crippen MR) is 116 cm³/mol. The molecule has 7 nitrogen and oxygen atoms in total. The fourth-order valence-corrected chi connectivity index (χ4v) is 4.38. The van der Waals surface area contributed by atoms with E-state index in [1.807, 2.05) is 37.2 Å². The molecule has 0 aliphatic carbocycles. The molecule has 3 aromatic rings. The van der Waals surface area contributed by atoms with Crippen molar-refractivity contribution < 1.29 is 17.9 Å². The zero-order valence-electron chi connectivity index (χ0n) is 16.5. The molecule has 0 fully saturated rings. The number of anilines is 1. The van der Waals surface area contributed by atoms with Crippen LogP contribution in [0.25, 0.3) is 10.2 Å². The van der Waals surface area contributed by atoms with Crippen LogP contribution in [0.1, 0.15) is 0 Å². The number of hydrogen-bond acceptors (Lipinski definition) is 7. The van der Waals surface area contributed by atoms with E-state index in [-0.39, 0.29) is 17.4 Å². The van der Waals surface area contributed by atoms with Gasteiger partial charge in [0, 0.05) is 19.3 Å². The Morgan fingerprint density at radius 3 is 2.48 bits per heavy atom. The van der Waals surface area contributed by atoms with Gasteiger partial charge >= 0.3 is 0 Å². The van der Waals surface area contributed by atoms with Gasteiger partial charge in [-0.1, -0.05) is 29.5 Å². The highest BCUT2D eigenvalue weighted by atomic mass is 32.2. The monoisotopic (exact) mass is 433 g/mol. The number of ether oxygens (including phenoxy) is 1. The normalized spacial score (nSPS) is 11.7. The molecule has 0 aliphatic rings. The Bertz CT molecular complexity index is 1100. The van der Waals surface area contributed by atoms with Gasteiger partial charge in [0.15, 0.2) is 21.6 Å². The summed E-state index contributed by atoms with van der Waals surface area (Å²) in [6, 6.07) is 14.0. The molecule has 2 aromatic carbocycles. The van der Waals surface area contributed by atoms with Gasteiger partial charge in [0.2, 0.25) is 0 Å². The third kappa shape index (κ3) is 5.53. The fraction of sp³-hybridized carbons (Fsp3) is 0.300. The molecule has 3 rings (SSSR count). The average molecular weight is 434 g/mol. The SMILES string of the molecule is CN(C)CCN(C(=O)COc1ccccc1)c1nc2ccc(S(C)(=O)=O)cc2s1. The molecule has 1 amide bonds. The number of nitrogens with zero attached hydrogens (tertiary/aromatic N) is 3. The molecule has 1 aromatic heterocycles. The number of amides is 1. The number of fused-ring (bicyclic) bond motifs is 1. The standard InChI is InChI=1S/C20H23N3O4S2/c1-22(2)11-12-23(19(24)14-27-15-7-5-4-6-8-15)20-21-17-10-9-16(29(3,25)26)13-18(17)28-20/h4-10,13H,11-12,14H2,1-3H3. The van der Waals surface area contributed by atoms with Crippen molar-refractivity contribution in [1.82, 2.24) is 9.88 Å². The summed E-state index contributed by atoms with van der Waals surface area (Å²) in [4.78, 5) is 21.2. The maximum atomic E-state index is 12.9. The van der Waals surface area contributed by atoms with E-state index in [1.165, 1.54) is 23.7 Å². The second-order valence-corrected chi connectivity index (χ2v) is 9.87. The van der Waals surface area contributed by atoms with Gasteiger partial charge in [-0.3, -0.25) is 9.69 Å². The maximum absolute atomic E-state index is 12.9. The first kappa shape index (κ1) is 21.2. The summed E-state index contributed by atoms with van der Waals surface area (Å²) in [7, 11) is 0.550. The lowest BCUT2D eigenvalue weighted by Crippen LogP contribution is -2.39. The lowest BCUT2D eigenvalue weighted by atomic mass is 10.3. The zero-order valence-corrected chi connectivity index (χ0v) is 18.2. The number of carbonyl (C=O) groups is 1. The highest BCUT2D eigenvalue weighted by Crippen LogP contribution is 2.30. The molecule has 0 bridgehead atoms. The summed E-state index contributed by atoms with van der Waals surface area (Å²) in [5, 5.41) is 0.522. The molecule has 0 radical (unpaired) electrons. The first-order chi connectivity index (χ1) is 13.7. The minimum absolute atomic E-state index is 0.109. The maximum Gasteiger partial charge on any atom is 0.266 e. The molecule has 0 unspecified atom stereocenters. The van der Waals surface area contributed by atoms with Crippen molar-refractivity contribution in [2.75, 3.05) is 44.9 Å². The number of aromatic nitrogens is 1. The Kier molecular flexibility index (Phi) is 6.51. The number of hydrogen-bond donors (Lipinski definition) is 0. The van der Waals surface area contributed by atoms with Crippen molar-refractivity contribution in [2.24, 2.45) is 0 Å². The van der Waals surface area contributed by atoms with Crippen molar-refractivity contribution in [3.8, 4) is 5.75 Å². The van der Waals surface area contributed by atoms with Crippen molar-refractivity contribution in [1.29, 1.82) is 0 Å². The molecule has 1 heterocycles. The molecule has 0 saturated carbocycles. The van der Waals surface area contributed by atoms with E-state index in [2.05, 4.69) is 4.98 Å².